The molecule has 0 radical (unpaired) electrons. The number of carbonyl (C=O) groups is 1. The summed E-state index contributed by atoms with van der Waals surface area (Å²) in [5.74, 6) is -0.779. The maximum absolute atomic E-state index is 12.7. The van der Waals surface area contributed by atoms with Gasteiger partial charge in [0.15, 0.2) is 5.72 Å². The van der Waals surface area contributed by atoms with Crippen LogP contribution >= 0.6 is 0 Å². The van der Waals surface area contributed by atoms with Gasteiger partial charge in [0.1, 0.15) is 5.71 Å². The van der Waals surface area contributed by atoms with Gasteiger partial charge in [0.2, 0.25) is 5.91 Å². The molecule has 1 aromatic rings. The quantitative estimate of drug-likeness (QED) is 0.841. The van der Waals surface area contributed by atoms with Gasteiger partial charge in [-0.05, 0) is 12.1 Å². The zero-order chi connectivity index (χ0) is 14.3. The second kappa shape index (κ2) is 4.30. The number of pyridine rings is 1. The summed E-state index contributed by atoms with van der Waals surface area (Å²) in [7, 11) is 0. The van der Waals surface area contributed by atoms with Gasteiger partial charge in [-0.25, -0.2) is 0 Å². The van der Waals surface area contributed by atoms with E-state index in [1.54, 1.807) is 0 Å². The first-order valence-electron chi connectivity index (χ1n) is 5.33. The molecule has 102 valence electrons. The van der Waals surface area contributed by atoms with E-state index in [0.29, 0.717) is 5.01 Å². The van der Waals surface area contributed by atoms with Crippen molar-refractivity contribution in [3.63, 3.8) is 0 Å². The molecule has 0 saturated heterocycles. The minimum absolute atomic E-state index is 0.126. The van der Waals surface area contributed by atoms with Crippen LogP contribution in [0.25, 0.3) is 0 Å². The number of aliphatic hydroxyl groups is 1. The molecule has 5 nitrogen and oxygen atoms in total. The molecule has 1 aliphatic heterocycles. The lowest BCUT2D eigenvalue weighted by atomic mass is 9.98. The van der Waals surface area contributed by atoms with Gasteiger partial charge in [0.05, 0.1) is 6.42 Å². The van der Waals surface area contributed by atoms with Crippen molar-refractivity contribution in [3.8, 4) is 0 Å². The average Bonchev–Trinajstić information content (AvgIpc) is 2.70. The van der Waals surface area contributed by atoms with Crippen LogP contribution < -0.4 is 0 Å². The number of aromatic nitrogens is 1. The van der Waals surface area contributed by atoms with Crippen LogP contribution in [0.1, 0.15) is 18.9 Å². The maximum atomic E-state index is 12.7. The molecular weight excluding hydrogens is 263 g/mol. The highest BCUT2D eigenvalue weighted by Gasteiger charge is 2.52. The Morgan fingerprint density at radius 3 is 2.47 bits per heavy atom. The van der Waals surface area contributed by atoms with Crippen LogP contribution in [0.5, 0.6) is 0 Å². The van der Waals surface area contributed by atoms with Gasteiger partial charge in [0.25, 0.3) is 0 Å². The topological polar surface area (TPSA) is 65.8 Å². The van der Waals surface area contributed by atoms with E-state index in [2.05, 4.69) is 10.1 Å². The number of carbonyl (C=O) groups excluding carboxylic acids is 1. The summed E-state index contributed by atoms with van der Waals surface area (Å²) in [5, 5.41) is 14.0. The number of halogens is 3. The summed E-state index contributed by atoms with van der Waals surface area (Å²) >= 11 is 0. The molecule has 1 amide bonds. The van der Waals surface area contributed by atoms with Crippen LogP contribution in [0, 0.1) is 0 Å². The molecule has 1 N–H and O–H groups in total. The first-order chi connectivity index (χ1) is 8.75. The van der Waals surface area contributed by atoms with E-state index in [1.807, 2.05) is 0 Å². The Kier molecular flexibility index (Phi) is 3.05. The molecule has 0 fully saturated rings. The van der Waals surface area contributed by atoms with Crippen molar-refractivity contribution < 1.29 is 23.1 Å². The molecule has 0 saturated carbocycles. The van der Waals surface area contributed by atoms with Gasteiger partial charge in [-0.1, -0.05) is 0 Å². The zero-order valence-corrected chi connectivity index (χ0v) is 9.85. The summed E-state index contributed by atoms with van der Waals surface area (Å²) in [6.45, 7) is 1.04. The van der Waals surface area contributed by atoms with Crippen molar-refractivity contribution in [2.24, 2.45) is 5.10 Å². The fourth-order valence-corrected chi connectivity index (χ4v) is 1.88. The Hall–Kier alpha value is -1.96. The van der Waals surface area contributed by atoms with Crippen LogP contribution in [0.4, 0.5) is 13.2 Å². The van der Waals surface area contributed by atoms with E-state index in [-0.39, 0.29) is 5.56 Å². The lowest BCUT2D eigenvalue weighted by Gasteiger charge is -2.30. The van der Waals surface area contributed by atoms with Crippen molar-refractivity contribution in [1.82, 2.24) is 9.99 Å². The predicted molar refractivity (Wildman–Crippen MR) is 58.8 cm³/mol. The standard InChI is InChI=1S/C11H10F3N3O2/c1-7(18)17-10(19,8-2-4-15-5-3-8)6-9(16-17)11(12,13)14/h2-5,19H,6H2,1H3/t10-/m1/s1. The number of hydrazone groups is 1. The Morgan fingerprint density at radius 1 is 1.42 bits per heavy atom. The zero-order valence-electron chi connectivity index (χ0n) is 9.85. The number of hydrogen-bond donors (Lipinski definition) is 1. The van der Waals surface area contributed by atoms with E-state index in [1.165, 1.54) is 24.5 Å². The highest BCUT2D eigenvalue weighted by molar-refractivity contribution is 5.94. The fraction of sp³-hybridized carbons (Fsp3) is 0.364. The predicted octanol–water partition coefficient (Wildman–Crippen LogP) is 1.40. The third-order valence-electron chi connectivity index (χ3n) is 2.75. The van der Waals surface area contributed by atoms with Gasteiger partial charge < -0.3 is 5.11 Å². The fourth-order valence-electron chi connectivity index (χ4n) is 1.88. The molecule has 0 spiro atoms. The smallest absolute Gasteiger partial charge is 0.365 e. The van der Waals surface area contributed by atoms with Crippen molar-refractivity contribution in [2.45, 2.75) is 25.2 Å². The van der Waals surface area contributed by atoms with Crippen molar-refractivity contribution in [1.29, 1.82) is 0 Å². The number of alkyl halides is 3. The second-order valence-electron chi connectivity index (χ2n) is 4.10. The normalized spacial score (nSPS) is 23.4. The number of nitrogens with zero attached hydrogens (tertiary/aromatic N) is 3. The van der Waals surface area contributed by atoms with Gasteiger partial charge in [-0.2, -0.15) is 23.3 Å². The molecule has 0 aliphatic carbocycles. The van der Waals surface area contributed by atoms with E-state index < -0.39 is 29.9 Å². The molecule has 0 unspecified atom stereocenters. The van der Waals surface area contributed by atoms with Gasteiger partial charge in [-0.3, -0.25) is 9.78 Å². The molecule has 2 heterocycles. The Morgan fingerprint density at radius 2 is 2.00 bits per heavy atom. The lowest BCUT2D eigenvalue weighted by molar-refractivity contribution is -0.155. The van der Waals surface area contributed by atoms with E-state index in [4.69, 9.17) is 0 Å². The van der Waals surface area contributed by atoms with Crippen LogP contribution in [-0.2, 0) is 10.5 Å². The second-order valence-corrected chi connectivity index (χ2v) is 4.10. The summed E-state index contributed by atoms with van der Waals surface area (Å²) in [4.78, 5) is 15.1. The lowest BCUT2D eigenvalue weighted by Crippen LogP contribution is -2.42. The molecule has 8 heteroatoms. The summed E-state index contributed by atoms with van der Waals surface area (Å²) in [5.41, 5.74) is -3.19. The van der Waals surface area contributed by atoms with Crippen molar-refractivity contribution in [3.05, 3.63) is 30.1 Å². The molecule has 1 aliphatic rings. The summed E-state index contributed by atoms with van der Waals surface area (Å²) < 4.78 is 38.0. The third-order valence-corrected chi connectivity index (χ3v) is 2.75. The van der Waals surface area contributed by atoms with Gasteiger partial charge >= 0.3 is 6.18 Å². The molecule has 2 rings (SSSR count). The van der Waals surface area contributed by atoms with Crippen molar-refractivity contribution >= 4 is 11.6 Å². The van der Waals surface area contributed by atoms with Crippen LogP contribution in [0.3, 0.4) is 0 Å². The molecule has 19 heavy (non-hydrogen) atoms. The molecule has 0 bridgehead atoms. The van der Waals surface area contributed by atoms with Crippen LogP contribution in [0.2, 0.25) is 0 Å². The van der Waals surface area contributed by atoms with Crippen molar-refractivity contribution in [2.75, 3.05) is 0 Å². The number of amides is 1. The molecular formula is C11H10F3N3O2. The monoisotopic (exact) mass is 273 g/mol. The van der Waals surface area contributed by atoms with Crippen LogP contribution in [0.15, 0.2) is 29.6 Å². The third kappa shape index (κ3) is 2.30. The van der Waals surface area contributed by atoms with E-state index >= 15 is 0 Å². The van der Waals surface area contributed by atoms with Gasteiger partial charge in [0, 0.05) is 24.9 Å². The highest BCUT2D eigenvalue weighted by Crippen LogP contribution is 2.39. The highest BCUT2D eigenvalue weighted by atomic mass is 19.4. The molecule has 1 atom stereocenters. The maximum Gasteiger partial charge on any atom is 0.431 e. The van der Waals surface area contributed by atoms with Gasteiger partial charge in [-0.15, -0.1) is 0 Å². The molecule has 0 aromatic carbocycles. The summed E-state index contributed by atoms with van der Waals surface area (Å²) in [6.07, 6.45) is -2.86. The molecule has 1 aromatic heterocycles. The van der Waals surface area contributed by atoms with E-state index in [0.717, 1.165) is 6.92 Å². The number of rotatable bonds is 1. The summed E-state index contributed by atoms with van der Waals surface area (Å²) in [6, 6.07) is 2.68. The minimum atomic E-state index is -4.69. The van der Waals surface area contributed by atoms with E-state index in [9.17, 15) is 23.1 Å². The largest absolute Gasteiger partial charge is 0.431 e. The minimum Gasteiger partial charge on any atom is -0.365 e. The Labute approximate surface area is 106 Å². The SMILES string of the molecule is CC(=O)N1N=C(C(F)(F)F)C[C@@]1(O)c1ccncc1. The number of hydrogen-bond acceptors (Lipinski definition) is 4. The first kappa shape index (κ1) is 13.5. The Bertz CT molecular complexity index is 530. The first-order valence-corrected chi connectivity index (χ1v) is 5.33. The van der Waals surface area contributed by atoms with Crippen LogP contribution in [-0.4, -0.2) is 32.9 Å². The average molecular weight is 273 g/mol. The Balaban J connectivity index is 2.45.